The zero-order valence-electron chi connectivity index (χ0n) is 5.22. The Bertz CT molecular complexity index is 196. The van der Waals surface area contributed by atoms with Crippen LogP contribution in [0, 0.1) is 0 Å². The summed E-state index contributed by atoms with van der Waals surface area (Å²) in [5.41, 5.74) is 16.2. The quantitative estimate of drug-likeness (QED) is 0.204. The molecule has 0 saturated heterocycles. The van der Waals surface area contributed by atoms with Crippen molar-refractivity contribution in [1.29, 1.82) is 0 Å². The summed E-state index contributed by atoms with van der Waals surface area (Å²) in [7, 11) is 0. The summed E-state index contributed by atoms with van der Waals surface area (Å²) in [5, 5.41) is 5.58. The molecule has 0 unspecified atom stereocenters. The molecular formula is C4H9N5S. The van der Waals surface area contributed by atoms with Gasteiger partial charge in [-0.05, 0) is 12.2 Å². The predicted molar refractivity (Wildman–Crippen MR) is 42.2 cm³/mol. The second-order valence-corrected chi connectivity index (χ2v) is 2.52. The lowest BCUT2D eigenvalue weighted by atomic mass is 10.3. The van der Waals surface area contributed by atoms with Crippen molar-refractivity contribution in [2.75, 3.05) is 0 Å². The van der Waals surface area contributed by atoms with Crippen LogP contribution in [0.15, 0.2) is 11.9 Å². The number of rotatable bonds is 0. The van der Waals surface area contributed by atoms with Crippen molar-refractivity contribution in [3.05, 3.63) is 11.9 Å². The Morgan fingerprint density at radius 2 is 2.10 bits per heavy atom. The maximum absolute atomic E-state index is 5.44. The van der Waals surface area contributed by atoms with Gasteiger partial charge in [-0.15, -0.1) is 0 Å². The molecule has 0 atom stereocenters. The predicted octanol–water partition coefficient (Wildman–Crippen LogP) is -2.16. The van der Waals surface area contributed by atoms with Gasteiger partial charge in [0.15, 0.2) is 10.9 Å². The summed E-state index contributed by atoms with van der Waals surface area (Å²) in [5.74, 6) is -0.749. The van der Waals surface area contributed by atoms with Gasteiger partial charge in [0.25, 0.3) is 0 Å². The van der Waals surface area contributed by atoms with E-state index in [1.807, 2.05) is 0 Å². The van der Waals surface area contributed by atoms with Gasteiger partial charge in [-0.3, -0.25) is 11.5 Å². The molecule has 8 N–H and O–H groups in total. The first-order chi connectivity index (χ1) is 4.49. The number of hydrogen-bond acceptors (Lipinski definition) is 4. The molecule has 0 fully saturated rings. The first-order valence-corrected chi connectivity index (χ1v) is 3.06. The van der Waals surface area contributed by atoms with Crippen molar-refractivity contribution in [1.82, 2.24) is 10.6 Å². The highest BCUT2D eigenvalue weighted by Gasteiger charge is 2.21. The van der Waals surface area contributed by atoms with Crippen LogP contribution in [0.3, 0.4) is 0 Å². The van der Waals surface area contributed by atoms with E-state index in [0.29, 0.717) is 10.9 Å². The van der Waals surface area contributed by atoms with E-state index < -0.39 is 5.79 Å². The second kappa shape index (κ2) is 2.08. The molecule has 56 valence electrons. The van der Waals surface area contributed by atoms with Crippen LogP contribution in [0.4, 0.5) is 0 Å². The van der Waals surface area contributed by atoms with Crippen LogP contribution in [0.5, 0.6) is 0 Å². The molecule has 0 aromatic heterocycles. The molecule has 5 nitrogen and oxygen atoms in total. The molecule has 0 aliphatic carbocycles. The van der Waals surface area contributed by atoms with E-state index in [1.165, 1.54) is 6.08 Å². The average molecular weight is 159 g/mol. The fourth-order valence-corrected chi connectivity index (χ4v) is 0.983. The van der Waals surface area contributed by atoms with Gasteiger partial charge in [0.05, 0.1) is 0 Å². The molecule has 0 aromatic carbocycles. The molecular weight excluding hydrogens is 150 g/mol. The maximum atomic E-state index is 5.44. The van der Waals surface area contributed by atoms with Crippen molar-refractivity contribution >= 4 is 17.3 Å². The normalized spacial score (nSPS) is 22.6. The van der Waals surface area contributed by atoms with Gasteiger partial charge in [-0.25, -0.2) is 0 Å². The van der Waals surface area contributed by atoms with Gasteiger partial charge >= 0.3 is 0 Å². The van der Waals surface area contributed by atoms with Gasteiger partial charge in [0, 0.05) is 6.08 Å². The van der Waals surface area contributed by atoms with E-state index in [-0.39, 0.29) is 0 Å². The van der Waals surface area contributed by atoms with Crippen LogP contribution < -0.4 is 27.8 Å². The van der Waals surface area contributed by atoms with E-state index >= 15 is 0 Å². The fraction of sp³-hybridized carbons (Fsp3) is 0.250. The van der Waals surface area contributed by atoms with Gasteiger partial charge in [0.2, 0.25) is 0 Å². The zero-order valence-corrected chi connectivity index (χ0v) is 6.03. The Kier molecular flexibility index (Phi) is 1.51. The van der Waals surface area contributed by atoms with Crippen molar-refractivity contribution in [2.24, 2.45) is 17.2 Å². The Morgan fingerprint density at radius 1 is 1.50 bits per heavy atom. The fourth-order valence-electron chi connectivity index (χ4n) is 0.688. The maximum Gasteiger partial charge on any atom is 0.174 e. The monoisotopic (exact) mass is 159 g/mol. The molecule has 0 aromatic rings. The second-order valence-electron chi connectivity index (χ2n) is 2.11. The summed E-state index contributed by atoms with van der Waals surface area (Å²) in [6, 6.07) is 0. The summed E-state index contributed by atoms with van der Waals surface area (Å²) >= 11 is 4.73. The third-order valence-corrected chi connectivity index (χ3v) is 1.19. The molecule has 0 spiro atoms. The highest BCUT2D eigenvalue weighted by Crippen LogP contribution is 1.95. The summed E-state index contributed by atoms with van der Waals surface area (Å²) in [6.07, 6.45) is 1.45. The number of nitrogens with two attached hydrogens (primary N) is 3. The average Bonchev–Trinajstić information content (AvgIpc) is 1.54. The van der Waals surface area contributed by atoms with Crippen LogP contribution in [-0.4, -0.2) is 10.9 Å². The minimum Gasteiger partial charge on any atom is -0.385 e. The van der Waals surface area contributed by atoms with E-state index in [9.17, 15) is 0 Å². The number of thiocarbonyl (C=S) groups is 1. The van der Waals surface area contributed by atoms with Crippen LogP contribution in [0.1, 0.15) is 0 Å². The molecule has 10 heavy (non-hydrogen) atoms. The molecule has 0 saturated carbocycles. The summed E-state index contributed by atoms with van der Waals surface area (Å²) in [6.45, 7) is 0. The van der Waals surface area contributed by atoms with Crippen molar-refractivity contribution in [3.63, 3.8) is 0 Å². The van der Waals surface area contributed by atoms with E-state index in [4.69, 9.17) is 29.4 Å². The van der Waals surface area contributed by atoms with Crippen molar-refractivity contribution in [3.8, 4) is 0 Å². The van der Waals surface area contributed by atoms with Gasteiger partial charge in [-0.1, -0.05) is 0 Å². The van der Waals surface area contributed by atoms with E-state index in [0.717, 1.165) is 0 Å². The third kappa shape index (κ3) is 1.56. The van der Waals surface area contributed by atoms with Crippen LogP contribution in [0.2, 0.25) is 0 Å². The molecule has 0 radical (unpaired) electrons. The zero-order chi connectivity index (χ0) is 7.78. The largest absolute Gasteiger partial charge is 0.385 e. The third-order valence-electron chi connectivity index (χ3n) is 0.982. The smallest absolute Gasteiger partial charge is 0.174 e. The highest BCUT2D eigenvalue weighted by molar-refractivity contribution is 7.80. The topological polar surface area (TPSA) is 102 Å². The van der Waals surface area contributed by atoms with Gasteiger partial charge in [0.1, 0.15) is 5.82 Å². The molecule has 0 bridgehead atoms. The Balaban J connectivity index is 2.83. The molecule has 1 aliphatic heterocycles. The first-order valence-electron chi connectivity index (χ1n) is 2.65. The lowest BCUT2D eigenvalue weighted by molar-refractivity contribution is 0.494. The first kappa shape index (κ1) is 7.26. The van der Waals surface area contributed by atoms with Crippen molar-refractivity contribution in [2.45, 2.75) is 5.79 Å². The SMILES string of the molecule is NC1=CC(N)(N)NC(=S)N1. The number of nitrogens with one attached hydrogen (secondary N) is 2. The molecule has 1 rings (SSSR count). The molecule has 1 heterocycles. The Labute approximate surface area is 63.6 Å². The summed E-state index contributed by atoms with van der Waals surface area (Å²) in [4.78, 5) is 0. The van der Waals surface area contributed by atoms with Crippen LogP contribution in [0.25, 0.3) is 0 Å². The highest BCUT2D eigenvalue weighted by atomic mass is 32.1. The summed E-state index contributed by atoms with van der Waals surface area (Å²) < 4.78 is 0. The van der Waals surface area contributed by atoms with Gasteiger partial charge in [-0.2, -0.15) is 0 Å². The van der Waals surface area contributed by atoms with Crippen LogP contribution >= 0.6 is 12.2 Å². The standard InChI is InChI=1S/C4H9N5S/c5-2-1-4(6,7)9-3(10)8-2/h1H,5-7H2,(H2,8,9,10). The Morgan fingerprint density at radius 3 is 2.50 bits per heavy atom. The minimum absolute atomic E-state index is 0.338. The molecule has 1 aliphatic rings. The van der Waals surface area contributed by atoms with E-state index in [2.05, 4.69) is 10.6 Å². The van der Waals surface area contributed by atoms with Crippen molar-refractivity contribution < 1.29 is 0 Å². The number of hydrogen-bond donors (Lipinski definition) is 5. The lowest BCUT2D eigenvalue weighted by Crippen LogP contribution is -2.66. The molecule has 6 heteroatoms. The van der Waals surface area contributed by atoms with E-state index in [1.54, 1.807) is 0 Å². The minimum atomic E-state index is -1.12. The lowest BCUT2D eigenvalue weighted by Gasteiger charge is -2.29. The van der Waals surface area contributed by atoms with Crippen LogP contribution in [-0.2, 0) is 0 Å². The molecule has 0 amide bonds. The van der Waals surface area contributed by atoms with Gasteiger partial charge < -0.3 is 16.4 Å². The Hall–Kier alpha value is -0.850.